The average molecular weight is 180 g/mol. The van der Waals surface area contributed by atoms with Crippen molar-refractivity contribution < 1.29 is 30.3 Å². The third-order valence-corrected chi connectivity index (χ3v) is 1.95. The number of aliphatic hydroxyl groups excluding tert-OH is 4. The zero-order valence-corrected chi connectivity index (χ0v) is 6.45. The van der Waals surface area contributed by atoms with Crippen LogP contribution in [0.15, 0.2) is 0 Å². The van der Waals surface area contributed by atoms with Crippen LogP contribution in [-0.2, 0) is 4.74 Å². The molecule has 1 saturated heterocycles. The summed E-state index contributed by atoms with van der Waals surface area (Å²) in [7, 11) is 0. The molecule has 5 N–H and O–H groups in total. The summed E-state index contributed by atoms with van der Waals surface area (Å²) in [6.07, 6.45) is -6.41. The summed E-state index contributed by atoms with van der Waals surface area (Å²) in [5, 5.41) is 45.2. The second kappa shape index (κ2) is 2.91. The fourth-order valence-corrected chi connectivity index (χ4v) is 1.08. The van der Waals surface area contributed by atoms with Crippen LogP contribution in [0, 0.1) is 0 Å². The minimum Gasteiger partial charge on any atom is -0.388 e. The van der Waals surface area contributed by atoms with E-state index in [2.05, 4.69) is 4.74 Å². The van der Waals surface area contributed by atoms with E-state index in [1.54, 1.807) is 0 Å². The second-order valence-electron chi connectivity index (χ2n) is 2.87. The molecule has 1 rings (SSSR count). The Kier molecular flexibility index (Phi) is 2.39. The van der Waals surface area contributed by atoms with Crippen molar-refractivity contribution >= 4 is 0 Å². The number of hydrogen-bond acceptors (Lipinski definition) is 6. The first-order valence-electron chi connectivity index (χ1n) is 3.52. The molecule has 1 heterocycles. The van der Waals surface area contributed by atoms with E-state index in [-0.39, 0.29) is 0 Å². The molecule has 6 heteroatoms. The monoisotopic (exact) mass is 180 g/mol. The van der Waals surface area contributed by atoms with Gasteiger partial charge in [0.25, 0.3) is 0 Å². The first kappa shape index (κ1) is 9.85. The third kappa shape index (κ3) is 1.22. The van der Waals surface area contributed by atoms with Gasteiger partial charge in [-0.15, -0.1) is 0 Å². The SMILES string of the molecule is C[C@@H](O)[C@]1(O)OC(O)[C@H](O)[C@H]1O. The summed E-state index contributed by atoms with van der Waals surface area (Å²) in [4.78, 5) is 0. The highest BCUT2D eigenvalue weighted by Crippen LogP contribution is 2.30. The quantitative estimate of drug-likeness (QED) is 0.296. The van der Waals surface area contributed by atoms with Crippen LogP contribution in [0.25, 0.3) is 0 Å². The number of rotatable bonds is 1. The van der Waals surface area contributed by atoms with Crippen LogP contribution in [0.3, 0.4) is 0 Å². The lowest BCUT2D eigenvalue weighted by molar-refractivity contribution is -0.294. The van der Waals surface area contributed by atoms with Crippen molar-refractivity contribution in [1.29, 1.82) is 0 Å². The lowest BCUT2D eigenvalue weighted by Crippen LogP contribution is -2.51. The molecule has 0 saturated carbocycles. The van der Waals surface area contributed by atoms with Crippen LogP contribution in [-0.4, -0.2) is 55.9 Å². The maximum Gasteiger partial charge on any atom is 0.223 e. The molecule has 5 atom stereocenters. The highest BCUT2D eigenvalue weighted by atomic mass is 16.7. The molecule has 0 radical (unpaired) electrons. The van der Waals surface area contributed by atoms with Crippen LogP contribution in [0.1, 0.15) is 6.92 Å². The van der Waals surface area contributed by atoms with Gasteiger partial charge in [0, 0.05) is 0 Å². The molecule has 1 fully saturated rings. The summed E-state index contributed by atoms with van der Waals surface area (Å²) >= 11 is 0. The van der Waals surface area contributed by atoms with Crippen molar-refractivity contribution in [3.05, 3.63) is 0 Å². The lowest BCUT2D eigenvalue weighted by atomic mass is 10.0. The van der Waals surface area contributed by atoms with Gasteiger partial charge < -0.3 is 30.3 Å². The molecule has 1 unspecified atom stereocenters. The Morgan fingerprint density at radius 1 is 1.33 bits per heavy atom. The number of aliphatic hydroxyl groups is 5. The smallest absolute Gasteiger partial charge is 0.223 e. The lowest BCUT2D eigenvalue weighted by Gasteiger charge is -2.27. The van der Waals surface area contributed by atoms with Gasteiger partial charge in [-0.1, -0.05) is 0 Å². The van der Waals surface area contributed by atoms with Crippen LogP contribution in [0.5, 0.6) is 0 Å². The van der Waals surface area contributed by atoms with Gasteiger partial charge in [-0.2, -0.15) is 0 Å². The molecule has 0 aromatic rings. The van der Waals surface area contributed by atoms with E-state index in [4.69, 9.17) is 20.4 Å². The second-order valence-corrected chi connectivity index (χ2v) is 2.87. The van der Waals surface area contributed by atoms with E-state index in [1.165, 1.54) is 6.92 Å². The summed E-state index contributed by atoms with van der Waals surface area (Å²) < 4.78 is 4.40. The fourth-order valence-electron chi connectivity index (χ4n) is 1.08. The molecule has 0 bridgehead atoms. The topological polar surface area (TPSA) is 110 Å². The van der Waals surface area contributed by atoms with E-state index in [9.17, 15) is 5.11 Å². The van der Waals surface area contributed by atoms with Crippen LogP contribution in [0.2, 0.25) is 0 Å². The van der Waals surface area contributed by atoms with Gasteiger partial charge in [-0.3, -0.25) is 0 Å². The van der Waals surface area contributed by atoms with Crippen molar-refractivity contribution in [2.45, 2.75) is 37.3 Å². The van der Waals surface area contributed by atoms with Gasteiger partial charge in [-0.05, 0) is 6.92 Å². The summed E-state index contributed by atoms with van der Waals surface area (Å²) in [6.45, 7) is 1.17. The Morgan fingerprint density at radius 3 is 2.00 bits per heavy atom. The maximum absolute atomic E-state index is 9.34. The maximum atomic E-state index is 9.34. The largest absolute Gasteiger partial charge is 0.388 e. The standard InChI is InChI=1S/C6H12O6/c1-2(7)6(11)4(9)3(8)5(10)12-6/h2-5,7-11H,1H3/t2-,3-,4-,5?,6+/m1/s1. The van der Waals surface area contributed by atoms with E-state index < -0.39 is 30.4 Å². The normalized spacial score (nSPS) is 51.0. The zero-order valence-electron chi connectivity index (χ0n) is 6.45. The molecular formula is C6H12O6. The van der Waals surface area contributed by atoms with Crippen molar-refractivity contribution in [3.8, 4) is 0 Å². The van der Waals surface area contributed by atoms with Crippen molar-refractivity contribution in [2.75, 3.05) is 0 Å². The Balaban J connectivity index is 2.82. The van der Waals surface area contributed by atoms with Crippen LogP contribution >= 0.6 is 0 Å². The van der Waals surface area contributed by atoms with Gasteiger partial charge in [0.15, 0.2) is 6.29 Å². The van der Waals surface area contributed by atoms with Crippen molar-refractivity contribution in [2.24, 2.45) is 0 Å². The molecule has 1 aliphatic rings. The van der Waals surface area contributed by atoms with Gasteiger partial charge in [-0.25, -0.2) is 0 Å². The molecule has 0 spiro atoms. The van der Waals surface area contributed by atoms with Crippen molar-refractivity contribution in [3.63, 3.8) is 0 Å². The van der Waals surface area contributed by atoms with Crippen LogP contribution < -0.4 is 0 Å². The number of hydrogen-bond donors (Lipinski definition) is 5. The Hall–Kier alpha value is -0.240. The predicted molar refractivity (Wildman–Crippen MR) is 35.7 cm³/mol. The first-order valence-corrected chi connectivity index (χ1v) is 3.52. The van der Waals surface area contributed by atoms with Gasteiger partial charge in [0.1, 0.15) is 18.3 Å². The molecule has 0 aromatic heterocycles. The van der Waals surface area contributed by atoms with E-state index in [0.29, 0.717) is 0 Å². The molecule has 0 amide bonds. The average Bonchev–Trinajstić information content (AvgIpc) is 2.17. The molecule has 6 nitrogen and oxygen atoms in total. The highest BCUT2D eigenvalue weighted by Gasteiger charge is 2.55. The molecule has 0 aliphatic carbocycles. The fraction of sp³-hybridized carbons (Fsp3) is 1.00. The van der Waals surface area contributed by atoms with Crippen molar-refractivity contribution in [1.82, 2.24) is 0 Å². The third-order valence-electron chi connectivity index (χ3n) is 1.95. The summed E-state index contributed by atoms with van der Waals surface area (Å²) in [6, 6.07) is 0. The Labute approximate surface area is 68.6 Å². The Bertz CT molecular complexity index is 171. The minimum atomic E-state index is -2.29. The van der Waals surface area contributed by atoms with E-state index in [0.717, 1.165) is 0 Å². The summed E-state index contributed by atoms with van der Waals surface area (Å²) in [5.74, 6) is -2.29. The first-order chi connectivity index (χ1) is 5.39. The van der Waals surface area contributed by atoms with Gasteiger partial charge >= 0.3 is 0 Å². The highest BCUT2D eigenvalue weighted by molar-refractivity contribution is 4.94. The summed E-state index contributed by atoms with van der Waals surface area (Å²) in [5.41, 5.74) is 0. The Morgan fingerprint density at radius 2 is 1.83 bits per heavy atom. The van der Waals surface area contributed by atoms with E-state index >= 15 is 0 Å². The molecule has 0 aromatic carbocycles. The van der Waals surface area contributed by atoms with E-state index in [1.807, 2.05) is 0 Å². The molecular weight excluding hydrogens is 168 g/mol. The zero-order chi connectivity index (χ0) is 9.52. The number of ether oxygens (including phenoxy) is 1. The molecule has 1 aliphatic heterocycles. The molecule has 72 valence electrons. The predicted octanol–water partition coefficient (Wildman–Crippen LogP) is -2.87. The van der Waals surface area contributed by atoms with Gasteiger partial charge in [0.05, 0.1) is 0 Å². The minimum absolute atomic E-state index is 1.17. The van der Waals surface area contributed by atoms with Crippen LogP contribution in [0.4, 0.5) is 0 Å². The molecule has 12 heavy (non-hydrogen) atoms. The van der Waals surface area contributed by atoms with Gasteiger partial charge in [0.2, 0.25) is 5.79 Å².